The van der Waals surface area contributed by atoms with Crippen LogP contribution in [0.1, 0.15) is 13.8 Å². The Kier molecular flexibility index (Phi) is 3.54. The van der Waals surface area contributed by atoms with E-state index in [1.54, 1.807) is 0 Å². The fourth-order valence-electron chi connectivity index (χ4n) is 2.34. The molecule has 0 bridgehead atoms. The number of hydrogen-bond acceptors (Lipinski definition) is 4. The maximum Gasteiger partial charge on any atom is 0.322 e. The second-order valence-corrected chi connectivity index (χ2v) is 4.34. The zero-order chi connectivity index (χ0) is 14.1. The van der Waals surface area contributed by atoms with Gasteiger partial charge in [0.25, 0.3) is 5.70 Å². The molecule has 0 radical (unpaired) electrons. The molecule has 0 aliphatic heterocycles. The third kappa shape index (κ3) is 1.77. The molecule has 0 saturated carbocycles. The number of carboxylic acids is 2. The molecule has 1 aliphatic carbocycles. The lowest BCUT2D eigenvalue weighted by atomic mass is 9.63. The summed E-state index contributed by atoms with van der Waals surface area (Å²) in [4.78, 5) is 32.9. The van der Waals surface area contributed by atoms with Gasteiger partial charge in [-0.25, -0.2) is 0 Å². The Balaban J connectivity index is 3.57. The highest BCUT2D eigenvalue weighted by molar-refractivity contribution is 5.88. The summed E-state index contributed by atoms with van der Waals surface area (Å²) in [5.41, 5.74) is -2.65. The van der Waals surface area contributed by atoms with Crippen molar-refractivity contribution in [1.29, 1.82) is 0 Å². The van der Waals surface area contributed by atoms with Crippen molar-refractivity contribution in [2.24, 2.45) is 17.3 Å². The minimum absolute atomic E-state index is 0.597. The summed E-state index contributed by atoms with van der Waals surface area (Å²) in [7, 11) is 0. The number of allylic oxidation sites excluding steroid dienone is 2. The molecule has 0 amide bonds. The topological polar surface area (TPSA) is 118 Å². The second kappa shape index (κ2) is 4.59. The second-order valence-electron chi connectivity index (χ2n) is 4.34. The van der Waals surface area contributed by atoms with Gasteiger partial charge in [0.15, 0.2) is 5.41 Å². The predicted octanol–water partition coefficient (Wildman–Crippen LogP) is 1.14. The first-order valence-corrected chi connectivity index (χ1v) is 5.25. The number of aliphatic carboxylic acids is 2. The van der Waals surface area contributed by atoms with Gasteiger partial charge in [0.1, 0.15) is 5.92 Å². The summed E-state index contributed by atoms with van der Waals surface area (Å²) in [5, 5.41) is 29.5. The van der Waals surface area contributed by atoms with Crippen LogP contribution < -0.4 is 0 Å². The van der Waals surface area contributed by atoms with E-state index in [-0.39, 0.29) is 0 Å². The molecular formula is C11H13NO6. The molecule has 18 heavy (non-hydrogen) atoms. The SMILES string of the molecule is CC(C)C1(C(=O)O)C([N+](=O)[O-])=CC=CC1C(=O)O. The van der Waals surface area contributed by atoms with Gasteiger partial charge in [0.05, 0.1) is 4.92 Å². The van der Waals surface area contributed by atoms with Crippen molar-refractivity contribution in [2.75, 3.05) is 0 Å². The molecule has 7 heteroatoms. The third-order valence-corrected chi connectivity index (χ3v) is 3.20. The van der Waals surface area contributed by atoms with Crippen molar-refractivity contribution >= 4 is 11.9 Å². The van der Waals surface area contributed by atoms with Crippen LogP contribution in [0.2, 0.25) is 0 Å². The first-order chi connectivity index (χ1) is 8.26. The first kappa shape index (κ1) is 13.9. The van der Waals surface area contributed by atoms with Crippen LogP contribution in [0.3, 0.4) is 0 Å². The maximum absolute atomic E-state index is 11.5. The van der Waals surface area contributed by atoms with Crippen LogP contribution in [0, 0.1) is 27.4 Å². The number of rotatable bonds is 4. The van der Waals surface area contributed by atoms with Gasteiger partial charge in [-0.1, -0.05) is 26.0 Å². The van der Waals surface area contributed by atoms with Crippen LogP contribution in [0.15, 0.2) is 23.9 Å². The van der Waals surface area contributed by atoms with E-state index in [9.17, 15) is 24.8 Å². The third-order valence-electron chi connectivity index (χ3n) is 3.20. The van der Waals surface area contributed by atoms with Crippen LogP contribution in [-0.2, 0) is 9.59 Å². The van der Waals surface area contributed by atoms with Gasteiger partial charge in [-0.05, 0) is 5.92 Å². The number of nitrogens with zero attached hydrogens (tertiary/aromatic N) is 1. The molecule has 0 aromatic heterocycles. The molecule has 2 atom stereocenters. The van der Waals surface area contributed by atoms with Gasteiger partial charge >= 0.3 is 11.9 Å². The molecule has 98 valence electrons. The Bertz CT molecular complexity index is 464. The van der Waals surface area contributed by atoms with Gasteiger partial charge in [-0.15, -0.1) is 0 Å². The van der Waals surface area contributed by atoms with Crippen molar-refractivity contribution in [3.63, 3.8) is 0 Å². The molecule has 0 aromatic rings. The summed E-state index contributed by atoms with van der Waals surface area (Å²) in [6.07, 6.45) is 3.43. The fraction of sp³-hybridized carbons (Fsp3) is 0.455. The minimum atomic E-state index is -2.05. The van der Waals surface area contributed by atoms with Crippen molar-refractivity contribution < 1.29 is 24.7 Å². The molecule has 0 saturated heterocycles. The Morgan fingerprint density at radius 1 is 1.44 bits per heavy atom. The van der Waals surface area contributed by atoms with Crippen LogP contribution in [0.4, 0.5) is 0 Å². The van der Waals surface area contributed by atoms with Crippen LogP contribution in [0.5, 0.6) is 0 Å². The smallest absolute Gasteiger partial charge is 0.322 e. The average molecular weight is 255 g/mol. The highest BCUT2D eigenvalue weighted by Crippen LogP contribution is 2.46. The largest absolute Gasteiger partial charge is 0.481 e. The molecule has 2 N–H and O–H groups in total. The molecule has 2 unspecified atom stereocenters. The van der Waals surface area contributed by atoms with Crippen molar-refractivity contribution in [3.05, 3.63) is 34.0 Å². The summed E-state index contributed by atoms with van der Waals surface area (Å²) in [6.45, 7) is 2.92. The van der Waals surface area contributed by atoms with Crippen molar-refractivity contribution in [3.8, 4) is 0 Å². The molecule has 0 aromatic carbocycles. The lowest BCUT2D eigenvalue weighted by Gasteiger charge is -2.35. The number of nitro groups is 1. The Morgan fingerprint density at radius 2 is 2.00 bits per heavy atom. The van der Waals surface area contributed by atoms with E-state index in [1.807, 2.05) is 0 Å². The number of hydrogen-bond donors (Lipinski definition) is 2. The van der Waals surface area contributed by atoms with Gasteiger partial charge in [-0.2, -0.15) is 0 Å². The minimum Gasteiger partial charge on any atom is -0.481 e. The zero-order valence-electron chi connectivity index (χ0n) is 9.86. The molecule has 1 rings (SSSR count). The van der Waals surface area contributed by atoms with Crippen molar-refractivity contribution in [1.82, 2.24) is 0 Å². The first-order valence-electron chi connectivity index (χ1n) is 5.25. The van der Waals surface area contributed by atoms with E-state index in [0.29, 0.717) is 0 Å². The van der Waals surface area contributed by atoms with E-state index in [0.717, 1.165) is 6.08 Å². The molecule has 1 aliphatic rings. The van der Waals surface area contributed by atoms with E-state index >= 15 is 0 Å². The normalized spacial score (nSPS) is 26.8. The van der Waals surface area contributed by atoms with Crippen LogP contribution >= 0.6 is 0 Å². The van der Waals surface area contributed by atoms with E-state index in [1.165, 1.54) is 26.0 Å². The van der Waals surface area contributed by atoms with Gasteiger partial charge in [0.2, 0.25) is 0 Å². The zero-order valence-corrected chi connectivity index (χ0v) is 9.86. The van der Waals surface area contributed by atoms with Gasteiger partial charge in [-0.3, -0.25) is 19.7 Å². The Labute approximate surface area is 103 Å². The summed E-state index contributed by atoms with van der Waals surface area (Å²) in [6, 6.07) is 0. The highest BCUT2D eigenvalue weighted by atomic mass is 16.6. The Hall–Kier alpha value is -2.18. The lowest BCUT2D eigenvalue weighted by molar-refractivity contribution is -0.442. The van der Waals surface area contributed by atoms with E-state index < -0.39 is 39.8 Å². The summed E-state index contributed by atoms with van der Waals surface area (Å²) < 4.78 is 0. The molecule has 0 heterocycles. The van der Waals surface area contributed by atoms with E-state index in [4.69, 9.17) is 5.11 Å². The molecule has 7 nitrogen and oxygen atoms in total. The van der Waals surface area contributed by atoms with Crippen LogP contribution in [-0.4, -0.2) is 27.1 Å². The number of carboxylic acid groups (broad SMARTS) is 2. The van der Waals surface area contributed by atoms with Crippen molar-refractivity contribution in [2.45, 2.75) is 13.8 Å². The average Bonchev–Trinajstić information content (AvgIpc) is 2.26. The van der Waals surface area contributed by atoms with Gasteiger partial charge < -0.3 is 10.2 Å². The quantitative estimate of drug-likeness (QED) is 0.574. The standard InChI is InChI=1S/C11H13NO6/c1-6(2)11(10(15)16)7(9(13)14)4-3-5-8(11)12(17)18/h3-7H,1-2H3,(H,13,14)(H,15,16). The molecule has 0 spiro atoms. The molecular weight excluding hydrogens is 242 g/mol. The summed E-state index contributed by atoms with van der Waals surface area (Å²) in [5.74, 6) is -5.09. The van der Waals surface area contributed by atoms with Gasteiger partial charge in [0, 0.05) is 6.08 Å². The monoisotopic (exact) mass is 255 g/mol. The maximum atomic E-state index is 11.5. The summed E-state index contributed by atoms with van der Waals surface area (Å²) >= 11 is 0. The lowest BCUT2D eigenvalue weighted by Crippen LogP contribution is -2.50. The van der Waals surface area contributed by atoms with E-state index in [2.05, 4.69) is 0 Å². The van der Waals surface area contributed by atoms with Crippen LogP contribution in [0.25, 0.3) is 0 Å². The fourth-order valence-corrected chi connectivity index (χ4v) is 2.34. The predicted molar refractivity (Wildman–Crippen MR) is 60.3 cm³/mol. The molecule has 0 fully saturated rings. The number of carbonyl (C=O) groups is 2. The highest BCUT2D eigenvalue weighted by Gasteiger charge is 2.60. The Morgan fingerprint density at radius 3 is 2.33 bits per heavy atom.